The van der Waals surface area contributed by atoms with Gasteiger partial charge >= 0.3 is 6.09 Å². The zero-order valence-electron chi connectivity index (χ0n) is 17.8. The fraction of sp³-hybridized carbons (Fsp3) is 0.500. The molecule has 31 heavy (non-hydrogen) atoms. The molecule has 7 nitrogen and oxygen atoms in total. The second-order valence-electron chi connectivity index (χ2n) is 8.78. The zero-order chi connectivity index (χ0) is 21.0. The van der Waals surface area contributed by atoms with Gasteiger partial charge < -0.3 is 19.8 Å². The first-order valence-electron chi connectivity index (χ1n) is 11.3. The molecule has 2 heterocycles. The molecule has 1 saturated heterocycles. The molecular weight excluding hydrogens is 392 g/mol. The van der Waals surface area contributed by atoms with Crippen molar-refractivity contribution in [1.82, 2.24) is 10.6 Å². The summed E-state index contributed by atoms with van der Waals surface area (Å²) in [5.41, 5.74) is 1.98. The van der Waals surface area contributed by atoms with Gasteiger partial charge in [-0.15, -0.1) is 0 Å². The van der Waals surface area contributed by atoms with Crippen molar-refractivity contribution in [3.63, 3.8) is 0 Å². The van der Waals surface area contributed by atoms with Gasteiger partial charge in [-0.1, -0.05) is 18.6 Å². The first-order valence-corrected chi connectivity index (χ1v) is 11.3. The number of carbonyl (C=O) groups is 1. The second kappa shape index (κ2) is 9.04. The molecule has 2 bridgehead atoms. The highest BCUT2D eigenvalue weighted by molar-refractivity contribution is 5.89. The average Bonchev–Trinajstić information content (AvgIpc) is 3.58. The Balaban J connectivity index is 1.22. The van der Waals surface area contributed by atoms with Gasteiger partial charge in [0.15, 0.2) is 5.96 Å². The van der Waals surface area contributed by atoms with Crippen molar-refractivity contribution < 1.29 is 13.9 Å². The highest BCUT2D eigenvalue weighted by atomic mass is 16.6. The van der Waals surface area contributed by atoms with E-state index in [4.69, 9.17) is 14.1 Å². The van der Waals surface area contributed by atoms with Crippen LogP contribution in [0, 0.1) is 11.8 Å². The van der Waals surface area contributed by atoms with E-state index in [1.54, 1.807) is 11.2 Å². The van der Waals surface area contributed by atoms with Crippen LogP contribution in [-0.2, 0) is 17.7 Å². The normalized spacial score (nSPS) is 25.2. The summed E-state index contributed by atoms with van der Waals surface area (Å²) in [5, 5.41) is 7.18. The van der Waals surface area contributed by atoms with Crippen molar-refractivity contribution >= 4 is 17.7 Å². The molecule has 1 aliphatic heterocycles. The van der Waals surface area contributed by atoms with Gasteiger partial charge in [-0.25, -0.2) is 9.79 Å². The lowest BCUT2D eigenvalue weighted by Gasteiger charge is -2.25. The van der Waals surface area contributed by atoms with Crippen LogP contribution in [-0.4, -0.2) is 37.8 Å². The number of guanidine groups is 1. The molecule has 5 rings (SSSR count). The molecule has 3 fully saturated rings. The molecule has 7 heteroatoms. The van der Waals surface area contributed by atoms with Crippen LogP contribution in [0.25, 0.3) is 0 Å². The van der Waals surface area contributed by atoms with E-state index < -0.39 is 0 Å². The lowest BCUT2D eigenvalue weighted by Crippen LogP contribution is -2.46. The summed E-state index contributed by atoms with van der Waals surface area (Å²) in [5.74, 6) is 3.51. The maximum absolute atomic E-state index is 11.7. The van der Waals surface area contributed by atoms with Crippen molar-refractivity contribution in [3.8, 4) is 0 Å². The van der Waals surface area contributed by atoms with Crippen LogP contribution in [0.5, 0.6) is 0 Å². The minimum absolute atomic E-state index is 0.274. The molecule has 2 N–H and O–H groups in total. The highest BCUT2D eigenvalue weighted by Gasteiger charge is 2.39. The molecule has 3 unspecified atom stereocenters. The van der Waals surface area contributed by atoms with Gasteiger partial charge in [-0.3, -0.25) is 4.90 Å². The van der Waals surface area contributed by atoms with Crippen molar-refractivity contribution in [2.24, 2.45) is 16.8 Å². The molecule has 3 atom stereocenters. The van der Waals surface area contributed by atoms with E-state index in [-0.39, 0.29) is 6.09 Å². The molecule has 164 valence electrons. The van der Waals surface area contributed by atoms with E-state index in [2.05, 4.69) is 10.6 Å². The summed E-state index contributed by atoms with van der Waals surface area (Å²) >= 11 is 0. The van der Waals surface area contributed by atoms with E-state index in [1.165, 1.54) is 25.7 Å². The molecule has 1 aromatic heterocycles. The van der Waals surface area contributed by atoms with Crippen LogP contribution in [0.4, 0.5) is 10.5 Å². The SMILES string of the molecule is O=C1OCCN1c1ccc(CN=C(NCCc2ccco2)NC2CC3CCC2C3)cc1. The quantitative estimate of drug-likeness (QED) is 0.525. The molecular formula is C24H30N4O3. The molecule has 1 aromatic carbocycles. The number of carbonyl (C=O) groups excluding carboxylic acids is 1. The Labute approximate surface area is 182 Å². The van der Waals surface area contributed by atoms with Crippen LogP contribution in [0.15, 0.2) is 52.1 Å². The summed E-state index contributed by atoms with van der Waals surface area (Å²) < 4.78 is 10.5. The number of ether oxygens (including phenoxy) is 1. The molecule has 0 spiro atoms. The number of furan rings is 1. The number of cyclic esters (lactones) is 1. The minimum Gasteiger partial charge on any atom is -0.469 e. The number of benzene rings is 1. The van der Waals surface area contributed by atoms with Gasteiger partial charge in [-0.05, 0) is 60.9 Å². The number of aliphatic imine (C=N–C) groups is 1. The van der Waals surface area contributed by atoms with E-state index in [0.29, 0.717) is 25.7 Å². The van der Waals surface area contributed by atoms with Crippen molar-refractivity contribution in [1.29, 1.82) is 0 Å². The van der Waals surface area contributed by atoms with E-state index >= 15 is 0 Å². The van der Waals surface area contributed by atoms with Gasteiger partial charge in [0, 0.05) is 24.7 Å². The Morgan fingerprint density at radius 1 is 1.16 bits per heavy atom. The number of hydrogen-bond acceptors (Lipinski definition) is 4. The maximum atomic E-state index is 11.7. The largest absolute Gasteiger partial charge is 0.469 e. The Kier molecular flexibility index (Phi) is 5.82. The predicted octanol–water partition coefficient (Wildman–Crippen LogP) is 3.70. The lowest BCUT2D eigenvalue weighted by atomic mass is 9.95. The summed E-state index contributed by atoms with van der Waals surface area (Å²) in [6, 6.07) is 12.4. The molecule has 2 saturated carbocycles. The van der Waals surface area contributed by atoms with Crippen molar-refractivity contribution in [3.05, 3.63) is 54.0 Å². The van der Waals surface area contributed by atoms with Crippen LogP contribution in [0.3, 0.4) is 0 Å². The predicted molar refractivity (Wildman–Crippen MR) is 119 cm³/mol. The Morgan fingerprint density at radius 3 is 2.74 bits per heavy atom. The smallest absolute Gasteiger partial charge is 0.414 e. The zero-order valence-corrected chi connectivity index (χ0v) is 17.8. The van der Waals surface area contributed by atoms with Gasteiger partial charge in [0.05, 0.1) is 19.4 Å². The molecule has 0 radical (unpaired) electrons. The van der Waals surface area contributed by atoms with E-state index in [1.807, 2.05) is 36.4 Å². The number of anilines is 1. The van der Waals surface area contributed by atoms with Crippen molar-refractivity contribution in [2.75, 3.05) is 24.6 Å². The third kappa shape index (κ3) is 4.70. The summed E-state index contributed by atoms with van der Waals surface area (Å²) in [4.78, 5) is 18.3. The van der Waals surface area contributed by atoms with E-state index in [9.17, 15) is 4.79 Å². The third-order valence-electron chi connectivity index (χ3n) is 6.73. The number of amides is 1. The lowest BCUT2D eigenvalue weighted by molar-refractivity contribution is 0.181. The van der Waals surface area contributed by atoms with Gasteiger partial charge in [0.2, 0.25) is 0 Å². The number of hydrogen-bond donors (Lipinski definition) is 2. The number of fused-ring (bicyclic) bond motifs is 2. The minimum atomic E-state index is -0.274. The molecule has 1 amide bonds. The monoisotopic (exact) mass is 422 g/mol. The summed E-state index contributed by atoms with van der Waals surface area (Å²) in [7, 11) is 0. The average molecular weight is 423 g/mol. The first kappa shape index (κ1) is 20.0. The summed E-state index contributed by atoms with van der Waals surface area (Å²) in [6.45, 7) is 2.41. The fourth-order valence-electron chi connectivity index (χ4n) is 5.09. The Morgan fingerprint density at radius 2 is 2.06 bits per heavy atom. The second-order valence-corrected chi connectivity index (χ2v) is 8.78. The standard InChI is InChI=1S/C24H30N4O3/c29-24-28(11-13-31-24)20-7-4-17(5-8-20)16-26-23(25-10-9-21-2-1-12-30-21)27-22-15-18-3-6-19(22)14-18/h1-2,4-5,7-8,12,18-19,22H,3,6,9-11,13-16H2,(H2,25,26,27). The summed E-state index contributed by atoms with van der Waals surface area (Å²) in [6.07, 6.45) is 7.60. The highest BCUT2D eigenvalue weighted by Crippen LogP contribution is 2.44. The number of nitrogens with zero attached hydrogens (tertiary/aromatic N) is 2. The molecule has 2 aromatic rings. The topological polar surface area (TPSA) is 79.1 Å². The third-order valence-corrected chi connectivity index (χ3v) is 6.73. The fourth-order valence-corrected chi connectivity index (χ4v) is 5.09. The molecule has 3 aliphatic rings. The molecule has 2 aliphatic carbocycles. The Bertz CT molecular complexity index is 909. The van der Waals surface area contributed by atoms with Crippen LogP contribution in [0.1, 0.15) is 37.0 Å². The van der Waals surface area contributed by atoms with Crippen molar-refractivity contribution in [2.45, 2.75) is 44.7 Å². The maximum Gasteiger partial charge on any atom is 0.414 e. The number of rotatable bonds is 7. The van der Waals surface area contributed by atoms with E-state index in [0.717, 1.165) is 47.8 Å². The van der Waals surface area contributed by atoms with Crippen LogP contribution >= 0.6 is 0 Å². The number of nitrogens with one attached hydrogen (secondary N) is 2. The van der Waals surface area contributed by atoms with Gasteiger partial charge in [0.1, 0.15) is 12.4 Å². The van der Waals surface area contributed by atoms with Crippen LogP contribution in [0.2, 0.25) is 0 Å². The Hall–Kier alpha value is -2.96. The van der Waals surface area contributed by atoms with Gasteiger partial charge in [0.25, 0.3) is 0 Å². The van der Waals surface area contributed by atoms with Crippen LogP contribution < -0.4 is 15.5 Å². The van der Waals surface area contributed by atoms with Gasteiger partial charge in [-0.2, -0.15) is 0 Å². The first-order chi connectivity index (χ1) is 15.2.